The van der Waals surface area contributed by atoms with Crippen LogP contribution in [0.5, 0.6) is 0 Å². The number of hydrogen-bond donors (Lipinski definition) is 1. The first-order valence-electron chi connectivity index (χ1n) is 5.93. The molecule has 1 heterocycles. The number of thioether (sulfide) groups is 1. The topological polar surface area (TPSA) is 80.5 Å². The normalized spacial score (nSPS) is 12.7. The highest BCUT2D eigenvalue weighted by Gasteiger charge is 2.17. The van der Waals surface area contributed by atoms with Crippen LogP contribution in [0, 0.1) is 0 Å². The Bertz CT molecular complexity index is 397. The number of hydrogen-bond acceptors (Lipinski definition) is 7. The summed E-state index contributed by atoms with van der Waals surface area (Å²) in [5.41, 5.74) is 0. The minimum absolute atomic E-state index is 0.0746. The Morgan fingerprint density at radius 3 is 2.89 bits per heavy atom. The van der Waals surface area contributed by atoms with Gasteiger partial charge in [-0.3, -0.25) is 4.79 Å². The van der Waals surface area contributed by atoms with Gasteiger partial charge in [0.2, 0.25) is 11.8 Å². The van der Waals surface area contributed by atoms with Crippen molar-refractivity contribution in [2.75, 3.05) is 34.4 Å². The van der Waals surface area contributed by atoms with Gasteiger partial charge in [0.15, 0.2) is 0 Å². The summed E-state index contributed by atoms with van der Waals surface area (Å²) in [6, 6.07) is 0. The summed E-state index contributed by atoms with van der Waals surface area (Å²) < 4.78 is 10.3. The van der Waals surface area contributed by atoms with Crippen molar-refractivity contribution >= 4 is 17.7 Å². The molecule has 1 aromatic heterocycles. The zero-order valence-electron chi connectivity index (χ0n) is 11.7. The van der Waals surface area contributed by atoms with Crippen molar-refractivity contribution in [1.82, 2.24) is 20.4 Å². The Morgan fingerprint density at radius 2 is 2.26 bits per heavy atom. The van der Waals surface area contributed by atoms with E-state index in [-0.39, 0.29) is 11.2 Å². The number of amides is 1. The van der Waals surface area contributed by atoms with E-state index in [0.29, 0.717) is 30.8 Å². The molecule has 1 aromatic rings. The molecule has 19 heavy (non-hydrogen) atoms. The standard InChI is InChI=1S/C11H20N4O3S/c1-8(10(16)12-5-6-17-4)19-11-14-13-9(18-11)7-15(2)3/h8H,5-7H2,1-4H3,(H,12,16)/t8-/m1/s1. The number of carbonyl (C=O) groups excluding carboxylic acids is 1. The van der Waals surface area contributed by atoms with Crippen LogP contribution in [0.3, 0.4) is 0 Å². The minimum Gasteiger partial charge on any atom is -0.415 e. The highest BCUT2D eigenvalue weighted by atomic mass is 32.2. The van der Waals surface area contributed by atoms with Crippen LogP contribution < -0.4 is 5.32 Å². The molecule has 0 aliphatic heterocycles. The molecule has 0 aliphatic rings. The number of nitrogens with one attached hydrogen (secondary N) is 1. The van der Waals surface area contributed by atoms with Crippen LogP contribution in [-0.2, 0) is 16.1 Å². The molecule has 1 rings (SSSR count). The quantitative estimate of drug-likeness (QED) is 0.547. The van der Waals surface area contributed by atoms with Crippen LogP contribution in [0.15, 0.2) is 9.64 Å². The molecule has 7 nitrogen and oxygen atoms in total. The molecule has 108 valence electrons. The molecule has 1 N–H and O–H groups in total. The Hall–Kier alpha value is -1.12. The molecule has 0 radical (unpaired) electrons. The highest BCUT2D eigenvalue weighted by molar-refractivity contribution is 8.00. The maximum absolute atomic E-state index is 11.7. The van der Waals surface area contributed by atoms with Crippen LogP contribution >= 0.6 is 11.8 Å². The van der Waals surface area contributed by atoms with Gasteiger partial charge in [0.25, 0.3) is 5.22 Å². The third-order valence-electron chi connectivity index (χ3n) is 2.15. The molecular formula is C11H20N4O3S. The first-order chi connectivity index (χ1) is 9.02. The molecule has 0 aromatic carbocycles. The lowest BCUT2D eigenvalue weighted by atomic mass is 10.4. The molecule has 1 amide bonds. The number of aromatic nitrogens is 2. The third-order valence-corrected chi connectivity index (χ3v) is 3.09. The summed E-state index contributed by atoms with van der Waals surface area (Å²) >= 11 is 1.25. The molecule has 8 heteroatoms. The minimum atomic E-state index is -0.287. The lowest BCUT2D eigenvalue weighted by Gasteiger charge is -2.09. The van der Waals surface area contributed by atoms with Crippen LogP contribution in [0.2, 0.25) is 0 Å². The predicted molar refractivity (Wildman–Crippen MR) is 71.9 cm³/mol. The molecule has 0 fully saturated rings. The summed E-state index contributed by atoms with van der Waals surface area (Å²) in [5, 5.41) is 10.7. The first-order valence-corrected chi connectivity index (χ1v) is 6.81. The molecule has 0 aliphatic carbocycles. The zero-order valence-corrected chi connectivity index (χ0v) is 12.5. The second-order valence-corrected chi connectivity index (χ2v) is 5.54. The molecular weight excluding hydrogens is 268 g/mol. The van der Waals surface area contributed by atoms with Gasteiger partial charge in [0, 0.05) is 13.7 Å². The van der Waals surface area contributed by atoms with E-state index in [0.717, 1.165) is 0 Å². The van der Waals surface area contributed by atoms with Crippen molar-refractivity contribution in [2.24, 2.45) is 0 Å². The summed E-state index contributed by atoms with van der Waals surface area (Å²) in [4.78, 5) is 13.7. The summed E-state index contributed by atoms with van der Waals surface area (Å²) in [5.74, 6) is 0.467. The third kappa shape index (κ3) is 6.04. The summed E-state index contributed by atoms with van der Waals surface area (Å²) in [7, 11) is 5.43. The Balaban J connectivity index is 2.40. The van der Waals surface area contributed by atoms with Gasteiger partial charge in [0.05, 0.1) is 18.4 Å². The van der Waals surface area contributed by atoms with E-state index in [4.69, 9.17) is 9.15 Å². The lowest BCUT2D eigenvalue weighted by molar-refractivity contribution is -0.120. The second kappa shape index (κ2) is 8.13. The van der Waals surface area contributed by atoms with E-state index < -0.39 is 0 Å². The predicted octanol–water partition coefficient (Wildman–Crippen LogP) is 0.374. The monoisotopic (exact) mass is 288 g/mol. The maximum Gasteiger partial charge on any atom is 0.277 e. The van der Waals surface area contributed by atoms with Crippen LogP contribution in [0.1, 0.15) is 12.8 Å². The molecule has 0 saturated carbocycles. The Morgan fingerprint density at radius 1 is 1.53 bits per heavy atom. The number of methoxy groups -OCH3 is 1. The van der Waals surface area contributed by atoms with E-state index in [9.17, 15) is 4.79 Å². The Labute approximate surface area is 117 Å². The maximum atomic E-state index is 11.7. The number of nitrogens with zero attached hydrogens (tertiary/aromatic N) is 3. The van der Waals surface area contributed by atoms with Gasteiger partial charge in [-0.2, -0.15) is 0 Å². The average molecular weight is 288 g/mol. The van der Waals surface area contributed by atoms with Crippen molar-refractivity contribution in [1.29, 1.82) is 0 Å². The van der Waals surface area contributed by atoms with E-state index in [1.165, 1.54) is 11.8 Å². The molecule has 0 unspecified atom stereocenters. The molecule has 0 saturated heterocycles. The van der Waals surface area contributed by atoms with Gasteiger partial charge in [-0.25, -0.2) is 0 Å². The molecule has 0 bridgehead atoms. The van der Waals surface area contributed by atoms with E-state index in [2.05, 4.69) is 15.5 Å². The van der Waals surface area contributed by atoms with Crippen molar-refractivity contribution in [2.45, 2.75) is 23.9 Å². The van der Waals surface area contributed by atoms with Gasteiger partial charge in [0.1, 0.15) is 0 Å². The van der Waals surface area contributed by atoms with Gasteiger partial charge < -0.3 is 19.4 Å². The van der Waals surface area contributed by atoms with Crippen molar-refractivity contribution in [3.8, 4) is 0 Å². The van der Waals surface area contributed by atoms with Crippen molar-refractivity contribution in [3.05, 3.63) is 5.89 Å². The van der Waals surface area contributed by atoms with Crippen LogP contribution in [0.4, 0.5) is 0 Å². The van der Waals surface area contributed by atoms with E-state index >= 15 is 0 Å². The van der Waals surface area contributed by atoms with Gasteiger partial charge in [-0.15, -0.1) is 10.2 Å². The van der Waals surface area contributed by atoms with Crippen molar-refractivity contribution < 1.29 is 13.9 Å². The van der Waals surface area contributed by atoms with Crippen LogP contribution in [0.25, 0.3) is 0 Å². The lowest BCUT2D eigenvalue weighted by Crippen LogP contribution is -2.33. The van der Waals surface area contributed by atoms with Gasteiger partial charge in [-0.05, 0) is 21.0 Å². The average Bonchev–Trinajstić information content (AvgIpc) is 2.75. The fraction of sp³-hybridized carbons (Fsp3) is 0.727. The number of rotatable bonds is 8. The van der Waals surface area contributed by atoms with E-state index in [1.807, 2.05) is 19.0 Å². The van der Waals surface area contributed by atoms with Crippen LogP contribution in [-0.4, -0.2) is 60.6 Å². The van der Waals surface area contributed by atoms with Crippen molar-refractivity contribution in [3.63, 3.8) is 0 Å². The number of carbonyl (C=O) groups is 1. The number of ether oxygens (including phenoxy) is 1. The molecule has 1 atom stereocenters. The molecule has 0 spiro atoms. The fourth-order valence-corrected chi connectivity index (χ4v) is 1.97. The largest absolute Gasteiger partial charge is 0.415 e. The Kier molecular flexibility index (Phi) is 6.82. The van der Waals surface area contributed by atoms with Gasteiger partial charge in [-0.1, -0.05) is 11.8 Å². The SMILES string of the molecule is COCCNC(=O)[C@@H](C)Sc1nnc(CN(C)C)o1. The smallest absolute Gasteiger partial charge is 0.277 e. The first kappa shape index (κ1) is 15.9. The fourth-order valence-electron chi connectivity index (χ4n) is 1.25. The van der Waals surface area contributed by atoms with Gasteiger partial charge >= 0.3 is 0 Å². The second-order valence-electron chi connectivity index (χ2n) is 4.24. The summed E-state index contributed by atoms with van der Waals surface area (Å²) in [6.45, 7) is 3.37. The highest BCUT2D eigenvalue weighted by Crippen LogP contribution is 2.21. The van der Waals surface area contributed by atoms with E-state index in [1.54, 1.807) is 14.0 Å². The zero-order chi connectivity index (χ0) is 14.3. The summed E-state index contributed by atoms with van der Waals surface area (Å²) in [6.07, 6.45) is 0.